The van der Waals surface area contributed by atoms with Gasteiger partial charge < -0.3 is 14.6 Å². The standard InChI is InChI=1S/C19H25N3O2/c23-19(6-5-15-13-20-18-4-2-1-3-17(15)18)22-8-7-16(14-22)21-9-11-24-12-10-21/h1-4,13,16,20H,5-12,14H2/t16-/m1/s1. The van der Waals surface area contributed by atoms with Crippen LogP contribution in [0.5, 0.6) is 0 Å². The third-order valence-corrected chi connectivity index (χ3v) is 5.36. The fourth-order valence-corrected chi connectivity index (χ4v) is 3.95. The summed E-state index contributed by atoms with van der Waals surface area (Å²) in [5, 5.41) is 1.23. The van der Waals surface area contributed by atoms with Crippen LogP contribution in [0.1, 0.15) is 18.4 Å². The molecule has 1 aromatic carbocycles. The van der Waals surface area contributed by atoms with Gasteiger partial charge in [0.1, 0.15) is 0 Å². The summed E-state index contributed by atoms with van der Waals surface area (Å²) >= 11 is 0. The summed E-state index contributed by atoms with van der Waals surface area (Å²) in [6.07, 6.45) is 4.54. The first-order valence-corrected chi connectivity index (χ1v) is 8.96. The van der Waals surface area contributed by atoms with Crippen molar-refractivity contribution in [3.63, 3.8) is 0 Å². The second kappa shape index (κ2) is 6.95. The Morgan fingerprint density at radius 2 is 2.04 bits per heavy atom. The molecule has 0 saturated carbocycles. The van der Waals surface area contributed by atoms with E-state index in [9.17, 15) is 4.79 Å². The summed E-state index contributed by atoms with van der Waals surface area (Å²) in [7, 11) is 0. The number of carbonyl (C=O) groups is 1. The van der Waals surface area contributed by atoms with Crippen LogP contribution in [0.25, 0.3) is 10.9 Å². The minimum atomic E-state index is 0.288. The Balaban J connectivity index is 1.32. The Bertz CT molecular complexity index is 705. The van der Waals surface area contributed by atoms with Gasteiger partial charge in [0.2, 0.25) is 5.91 Å². The Morgan fingerprint density at radius 1 is 1.21 bits per heavy atom. The number of H-pyrrole nitrogens is 1. The molecule has 1 atom stereocenters. The van der Waals surface area contributed by atoms with Gasteiger partial charge >= 0.3 is 0 Å². The van der Waals surface area contributed by atoms with E-state index >= 15 is 0 Å². The lowest BCUT2D eigenvalue weighted by Gasteiger charge is -2.32. The van der Waals surface area contributed by atoms with Gasteiger partial charge in [-0.3, -0.25) is 9.69 Å². The number of hydrogen-bond acceptors (Lipinski definition) is 3. The number of aryl methyl sites for hydroxylation is 1. The van der Waals surface area contributed by atoms with Crippen molar-refractivity contribution >= 4 is 16.8 Å². The lowest BCUT2D eigenvalue weighted by molar-refractivity contribution is -0.130. The van der Waals surface area contributed by atoms with Gasteiger partial charge in [-0.1, -0.05) is 18.2 Å². The molecule has 24 heavy (non-hydrogen) atoms. The van der Waals surface area contributed by atoms with E-state index in [-0.39, 0.29) is 5.91 Å². The number of fused-ring (bicyclic) bond motifs is 1. The van der Waals surface area contributed by atoms with E-state index in [0.717, 1.165) is 57.8 Å². The van der Waals surface area contributed by atoms with Gasteiger partial charge in [-0.2, -0.15) is 0 Å². The molecule has 1 N–H and O–H groups in total. The number of morpholine rings is 1. The van der Waals surface area contributed by atoms with Gasteiger partial charge in [0.05, 0.1) is 13.2 Å². The summed E-state index contributed by atoms with van der Waals surface area (Å²) in [4.78, 5) is 20.4. The molecule has 2 aromatic rings. The number of rotatable bonds is 4. The quantitative estimate of drug-likeness (QED) is 0.935. The zero-order chi connectivity index (χ0) is 16.4. The lowest BCUT2D eigenvalue weighted by Crippen LogP contribution is -2.45. The van der Waals surface area contributed by atoms with Crippen molar-refractivity contribution in [3.05, 3.63) is 36.0 Å². The number of carbonyl (C=O) groups excluding carboxylic acids is 1. The molecule has 0 aliphatic carbocycles. The molecule has 0 spiro atoms. The predicted octanol–water partition coefficient (Wildman–Crippen LogP) is 2.03. The minimum Gasteiger partial charge on any atom is -0.379 e. The van der Waals surface area contributed by atoms with Crippen molar-refractivity contribution in [1.82, 2.24) is 14.8 Å². The summed E-state index contributed by atoms with van der Waals surface area (Å²) in [6, 6.07) is 8.80. The van der Waals surface area contributed by atoms with Gasteiger partial charge in [0.25, 0.3) is 0 Å². The molecule has 128 valence electrons. The number of nitrogens with one attached hydrogen (secondary N) is 1. The molecular formula is C19H25N3O2. The number of aromatic amines is 1. The lowest BCUT2D eigenvalue weighted by atomic mass is 10.1. The molecule has 0 bridgehead atoms. The molecule has 3 heterocycles. The van der Waals surface area contributed by atoms with Crippen LogP contribution in [0.3, 0.4) is 0 Å². The van der Waals surface area contributed by atoms with Gasteiger partial charge in [-0.15, -0.1) is 0 Å². The fourth-order valence-electron chi connectivity index (χ4n) is 3.95. The molecule has 2 saturated heterocycles. The molecule has 0 radical (unpaired) electrons. The average molecular weight is 327 g/mol. The second-order valence-electron chi connectivity index (χ2n) is 6.79. The number of aromatic nitrogens is 1. The SMILES string of the molecule is O=C(CCc1c[nH]c2ccccc12)N1CC[C@@H](N2CCOCC2)C1. The summed E-state index contributed by atoms with van der Waals surface area (Å²) in [6.45, 7) is 5.43. The summed E-state index contributed by atoms with van der Waals surface area (Å²) in [5.74, 6) is 0.288. The van der Waals surface area contributed by atoms with E-state index in [1.54, 1.807) is 0 Å². The second-order valence-corrected chi connectivity index (χ2v) is 6.79. The van der Waals surface area contributed by atoms with E-state index in [1.807, 2.05) is 12.3 Å². The number of nitrogens with zero attached hydrogens (tertiary/aromatic N) is 2. The van der Waals surface area contributed by atoms with Crippen molar-refractivity contribution in [2.75, 3.05) is 39.4 Å². The van der Waals surface area contributed by atoms with E-state index < -0.39 is 0 Å². The predicted molar refractivity (Wildman–Crippen MR) is 94.0 cm³/mol. The van der Waals surface area contributed by atoms with Crippen LogP contribution in [0.4, 0.5) is 0 Å². The highest BCUT2D eigenvalue weighted by atomic mass is 16.5. The Morgan fingerprint density at radius 3 is 2.92 bits per heavy atom. The van der Waals surface area contributed by atoms with Gasteiger partial charge in [0.15, 0.2) is 0 Å². The first kappa shape index (κ1) is 15.7. The zero-order valence-electron chi connectivity index (χ0n) is 14.0. The fraction of sp³-hybridized carbons (Fsp3) is 0.526. The third kappa shape index (κ3) is 3.19. The highest BCUT2D eigenvalue weighted by Crippen LogP contribution is 2.21. The molecule has 0 unspecified atom stereocenters. The van der Waals surface area contributed by atoms with Crippen molar-refractivity contribution in [2.45, 2.75) is 25.3 Å². The molecule has 1 aromatic heterocycles. The average Bonchev–Trinajstić information content (AvgIpc) is 3.28. The van der Waals surface area contributed by atoms with Crippen LogP contribution in [-0.4, -0.2) is 66.1 Å². The van der Waals surface area contributed by atoms with Crippen LogP contribution in [0, 0.1) is 0 Å². The summed E-state index contributed by atoms with van der Waals surface area (Å²) in [5.41, 5.74) is 2.39. The van der Waals surface area contributed by atoms with Gasteiger partial charge in [-0.05, 0) is 24.5 Å². The molecule has 2 aliphatic heterocycles. The van der Waals surface area contributed by atoms with Crippen LogP contribution in [0.2, 0.25) is 0 Å². The molecule has 2 aliphatic rings. The zero-order valence-corrected chi connectivity index (χ0v) is 14.0. The highest BCUT2D eigenvalue weighted by Gasteiger charge is 2.30. The van der Waals surface area contributed by atoms with Crippen LogP contribution in [0.15, 0.2) is 30.5 Å². The molecular weight excluding hydrogens is 302 g/mol. The molecule has 1 amide bonds. The van der Waals surface area contributed by atoms with Crippen LogP contribution < -0.4 is 0 Å². The Hall–Kier alpha value is -1.85. The molecule has 5 nitrogen and oxygen atoms in total. The maximum absolute atomic E-state index is 12.6. The van der Waals surface area contributed by atoms with Crippen molar-refractivity contribution in [2.24, 2.45) is 0 Å². The topological polar surface area (TPSA) is 48.6 Å². The third-order valence-electron chi connectivity index (χ3n) is 5.36. The van der Waals surface area contributed by atoms with Gasteiger partial charge in [0, 0.05) is 55.7 Å². The molecule has 2 fully saturated rings. The van der Waals surface area contributed by atoms with Crippen LogP contribution in [-0.2, 0) is 16.0 Å². The summed E-state index contributed by atoms with van der Waals surface area (Å²) < 4.78 is 5.42. The normalized spacial score (nSPS) is 22.3. The first-order chi connectivity index (χ1) is 11.8. The van der Waals surface area contributed by atoms with Crippen molar-refractivity contribution < 1.29 is 9.53 Å². The number of amides is 1. The van der Waals surface area contributed by atoms with E-state index in [4.69, 9.17) is 4.74 Å². The smallest absolute Gasteiger partial charge is 0.222 e. The highest BCUT2D eigenvalue weighted by molar-refractivity contribution is 5.84. The van der Waals surface area contributed by atoms with E-state index in [1.165, 1.54) is 10.9 Å². The number of benzene rings is 1. The number of likely N-dealkylation sites (tertiary alicyclic amines) is 1. The maximum atomic E-state index is 12.6. The van der Waals surface area contributed by atoms with E-state index in [0.29, 0.717) is 12.5 Å². The van der Waals surface area contributed by atoms with Crippen LogP contribution >= 0.6 is 0 Å². The Labute approximate surface area is 142 Å². The van der Waals surface area contributed by atoms with Crippen molar-refractivity contribution in [1.29, 1.82) is 0 Å². The number of ether oxygens (including phenoxy) is 1. The molecule has 4 rings (SSSR count). The minimum absolute atomic E-state index is 0.288. The first-order valence-electron chi connectivity index (χ1n) is 8.96. The monoisotopic (exact) mass is 327 g/mol. The van der Waals surface area contributed by atoms with E-state index in [2.05, 4.69) is 33.0 Å². The van der Waals surface area contributed by atoms with Crippen molar-refractivity contribution in [3.8, 4) is 0 Å². The maximum Gasteiger partial charge on any atom is 0.222 e. The number of hydrogen-bond donors (Lipinski definition) is 1. The Kier molecular flexibility index (Phi) is 4.54. The number of para-hydroxylation sites is 1. The molecule has 5 heteroatoms. The largest absolute Gasteiger partial charge is 0.379 e. The van der Waals surface area contributed by atoms with Gasteiger partial charge in [-0.25, -0.2) is 0 Å².